The van der Waals surface area contributed by atoms with E-state index < -0.39 is 0 Å². The largest absolute Gasteiger partial charge is 0.455 e. The molecular weight excluding hydrogens is 610 g/mol. The van der Waals surface area contributed by atoms with Crippen molar-refractivity contribution in [2.24, 2.45) is 0 Å². The molecule has 0 aliphatic carbocycles. The van der Waals surface area contributed by atoms with Gasteiger partial charge in [0.2, 0.25) is 5.28 Å². The fourth-order valence-corrected chi connectivity index (χ4v) is 7.51. The molecule has 0 N–H and O–H groups in total. The summed E-state index contributed by atoms with van der Waals surface area (Å²) in [5, 5.41) is 11.6. The molecule has 8 aromatic carbocycles. The van der Waals surface area contributed by atoms with Crippen LogP contribution in [0.4, 0.5) is 0 Å². The Kier molecular flexibility index (Phi) is 5.90. The first-order valence-electron chi connectivity index (χ1n) is 15.9. The zero-order chi connectivity index (χ0) is 31.8. The fraction of sp³-hybridized carbons (Fsp3) is 0. The van der Waals surface area contributed by atoms with E-state index in [9.17, 15) is 0 Å². The minimum atomic E-state index is 0.139. The van der Waals surface area contributed by atoms with E-state index in [0.29, 0.717) is 11.6 Å². The number of hydrogen-bond donors (Lipinski definition) is 0. The number of nitrogens with zero attached hydrogens (tertiary/aromatic N) is 3. The van der Waals surface area contributed by atoms with Crippen LogP contribution in [0.5, 0.6) is 0 Å². The number of halogens is 1. The third-order valence-corrected chi connectivity index (χ3v) is 9.62. The minimum absolute atomic E-state index is 0.139. The standard InChI is InChI=1S/C43H24ClN3O/c44-43-46-41(26-22-23-33-31-15-4-3-13-29(31)30-14-5-6-16-32(30)37(33)24-26)45-42(47-43)36-20-9-21-38-39(36)35-19-8-18-34(40(35)48-38)28-17-7-11-25-10-1-2-12-27(25)28/h1-24H. The summed E-state index contributed by atoms with van der Waals surface area (Å²) in [6.45, 7) is 0. The molecule has 0 saturated carbocycles. The van der Waals surface area contributed by atoms with Crippen LogP contribution in [-0.2, 0) is 0 Å². The second-order valence-corrected chi connectivity index (χ2v) is 12.4. The quantitative estimate of drug-likeness (QED) is 0.182. The van der Waals surface area contributed by atoms with Crippen molar-refractivity contribution in [3.63, 3.8) is 0 Å². The van der Waals surface area contributed by atoms with Crippen molar-refractivity contribution in [2.75, 3.05) is 0 Å². The van der Waals surface area contributed by atoms with Gasteiger partial charge in [-0.15, -0.1) is 0 Å². The summed E-state index contributed by atoms with van der Waals surface area (Å²) in [5.41, 5.74) is 5.46. The Morgan fingerprint density at radius 2 is 0.979 bits per heavy atom. The summed E-state index contributed by atoms with van der Waals surface area (Å²) in [4.78, 5) is 14.3. The van der Waals surface area contributed by atoms with Gasteiger partial charge >= 0.3 is 0 Å². The Balaban J connectivity index is 1.17. The zero-order valence-electron chi connectivity index (χ0n) is 25.5. The van der Waals surface area contributed by atoms with Crippen molar-refractivity contribution in [1.82, 2.24) is 15.0 Å². The molecule has 4 nitrogen and oxygen atoms in total. The Bertz CT molecular complexity index is 2890. The maximum Gasteiger partial charge on any atom is 0.226 e. The van der Waals surface area contributed by atoms with Gasteiger partial charge in [0.05, 0.1) is 0 Å². The maximum absolute atomic E-state index is 6.66. The minimum Gasteiger partial charge on any atom is -0.455 e. The van der Waals surface area contributed by atoms with Gasteiger partial charge in [0.25, 0.3) is 0 Å². The van der Waals surface area contributed by atoms with E-state index in [4.69, 9.17) is 21.0 Å². The van der Waals surface area contributed by atoms with Crippen LogP contribution >= 0.6 is 11.6 Å². The lowest BCUT2D eigenvalue weighted by molar-refractivity contribution is 0.670. The van der Waals surface area contributed by atoms with Crippen LogP contribution in [0.2, 0.25) is 5.28 Å². The lowest BCUT2D eigenvalue weighted by atomic mass is 9.93. The molecule has 10 rings (SSSR count). The number of hydrogen-bond acceptors (Lipinski definition) is 4. The van der Waals surface area contributed by atoms with Crippen LogP contribution in [0.25, 0.3) is 98.9 Å². The first-order valence-corrected chi connectivity index (χ1v) is 16.3. The van der Waals surface area contributed by atoms with Gasteiger partial charge in [0.1, 0.15) is 11.2 Å². The van der Waals surface area contributed by atoms with Crippen LogP contribution < -0.4 is 0 Å². The number of benzene rings is 8. The summed E-state index contributed by atoms with van der Waals surface area (Å²) in [7, 11) is 0. The smallest absolute Gasteiger partial charge is 0.226 e. The number of fused-ring (bicyclic) bond motifs is 10. The van der Waals surface area contributed by atoms with Gasteiger partial charge in [-0.3, -0.25) is 0 Å². The molecule has 48 heavy (non-hydrogen) atoms. The van der Waals surface area contributed by atoms with E-state index in [2.05, 4.69) is 137 Å². The second-order valence-electron chi connectivity index (χ2n) is 12.1. The van der Waals surface area contributed by atoms with Gasteiger partial charge in [-0.2, -0.15) is 9.97 Å². The number of furan rings is 1. The van der Waals surface area contributed by atoms with Crippen molar-refractivity contribution < 1.29 is 4.42 Å². The first-order chi connectivity index (χ1) is 23.7. The molecule has 0 bridgehead atoms. The van der Waals surface area contributed by atoms with Crippen LogP contribution in [0, 0.1) is 0 Å². The lowest BCUT2D eigenvalue weighted by Crippen LogP contribution is -1.98. The molecule has 0 fully saturated rings. The predicted octanol–water partition coefficient (Wildman–Crippen LogP) is 12.0. The summed E-state index contributed by atoms with van der Waals surface area (Å²) in [6, 6.07) is 50.6. The number of para-hydroxylation sites is 1. The monoisotopic (exact) mass is 633 g/mol. The molecule has 0 unspecified atom stereocenters. The van der Waals surface area contributed by atoms with Gasteiger partial charge in [-0.25, -0.2) is 4.98 Å². The van der Waals surface area contributed by atoms with Crippen molar-refractivity contribution in [3.8, 4) is 33.9 Å². The van der Waals surface area contributed by atoms with E-state index in [1.54, 1.807) is 0 Å². The molecule has 0 amide bonds. The molecule has 224 valence electrons. The van der Waals surface area contributed by atoms with Crippen molar-refractivity contribution >= 4 is 76.6 Å². The molecule has 0 atom stereocenters. The third-order valence-electron chi connectivity index (χ3n) is 9.45. The Morgan fingerprint density at radius 3 is 1.77 bits per heavy atom. The molecule has 0 aliphatic rings. The molecule has 2 heterocycles. The topological polar surface area (TPSA) is 51.8 Å². The predicted molar refractivity (Wildman–Crippen MR) is 198 cm³/mol. The Morgan fingerprint density at radius 1 is 0.417 bits per heavy atom. The molecule has 0 radical (unpaired) electrons. The summed E-state index contributed by atoms with van der Waals surface area (Å²) in [5.74, 6) is 1.02. The first kappa shape index (κ1) is 27.1. The highest BCUT2D eigenvalue weighted by molar-refractivity contribution is 6.28. The van der Waals surface area contributed by atoms with Crippen molar-refractivity contribution in [2.45, 2.75) is 0 Å². The average molecular weight is 634 g/mol. The van der Waals surface area contributed by atoms with Gasteiger partial charge in [0, 0.05) is 27.5 Å². The van der Waals surface area contributed by atoms with Crippen LogP contribution in [0.1, 0.15) is 0 Å². The Labute approximate surface area is 279 Å². The van der Waals surface area contributed by atoms with Crippen molar-refractivity contribution in [1.29, 1.82) is 0 Å². The zero-order valence-corrected chi connectivity index (χ0v) is 26.2. The van der Waals surface area contributed by atoms with Crippen LogP contribution in [-0.4, -0.2) is 15.0 Å². The van der Waals surface area contributed by atoms with Gasteiger partial charge < -0.3 is 4.42 Å². The van der Waals surface area contributed by atoms with Gasteiger partial charge in [0.15, 0.2) is 11.6 Å². The van der Waals surface area contributed by atoms with E-state index in [-0.39, 0.29) is 5.28 Å². The normalized spacial score (nSPS) is 11.9. The average Bonchev–Trinajstić information content (AvgIpc) is 3.54. The fourth-order valence-electron chi connectivity index (χ4n) is 7.35. The lowest BCUT2D eigenvalue weighted by Gasteiger charge is -2.12. The molecule has 2 aromatic heterocycles. The van der Waals surface area contributed by atoms with Gasteiger partial charge in [-0.05, 0) is 72.4 Å². The van der Waals surface area contributed by atoms with Crippen molar-refractivity contribution in [3.05, 3.63) is 151 Å². The summed E-state index contributed by atoms with van der Waals surface area (Å²) in [6.07, 6.45) is 0. The molecule has 5 heteroatoms. The summed E-state index contributed by atoms with van der Waals surface area (Å²) < 4.78 is 6.61. The highest BCUT2D eigenvalue weighted by Crippen LogP contribution is 2.42. The highest BCUT2D eigenvalue weighted by atomic mass is 35.5. The summed E-state index contributed by atoms with van der Waals surface area (Å²) >= 11 is 6.66. The van der Waals surface area contributed by atoms with E-state index >= 15 is 0 Å². The molecule has 10 aromatic rings. The maximum atomic E-state index is 6.66. The molecule has 0 saturated heterocycles. The van der Waals surface area contributed by atoms with Gasteiger partial charge in [-0.1, -0.05) is 133 Å². The van der Waals surface area contributed by atoms with Crippen LogP contribution in [0.3, 0.4) is 0 Å². The molecular formula is C43H24ClN3O. The molecule has 0 aliphatic heterocycles. The number of aromatic nitrogens is 3. The van der Waals surface area contributed by atoms with Crippen LogP contribution in [0.15, 0.2) is 150 Å². The van der Waals surface area contributed by atoms with E-state index in [1.165, 1.54) is 37.7 Å². The van der Waals surface area contributed by atoms with E-state index in [0.717, 1.165) is 49.6 Å². The van der Waals surface area contributed by atoms with E-state index in [1.807, 2.05) is 18.2 Å². The SMILES string of the molecule is Clc1nc(-c2ccc3c4ccccc4c4ccccc4c3c2)nc(-c2cccc3oc4c(-c5cccc6ccccc56)cccc4c23)n1. The molecule has 0 spiro atoms. The number of rotatable bonds is 3. The third kappa shape index (κ3) is 4.06. The second kappa shape index (κ2) is 10.5. The Hall–Kier alpha value is -6.10. The highest BCUT2D eigenvalue weighted by Gasteiger charge is 2.20.